The van der Waals surface area contributed by atoms with E-state index in [9.17, 15) is 0 Å². The van der Waals surface area contributed by atoms with Crippen molar-refractivity contribution in [2.45, 2.75) is 20.0 Å². The highest BCUT2D eigenvalue weighted by atomic mass is 31.2. The summed E-state index contributed by atoms with van der Waals surface area (Å²) in [6.45, 7) is 4.22. The lowest BCUT2D eigenvalue weighted by Gasteiger charge is -2.30. The molecule has 4 heteroatoms. The smallest absolute Gasteiger partial charge is 0.137 e. The Bertz CT molecular complexity index is 798. The van der Waals surface area contributed by atoms with Crippen molar-refractivity contribution in [2.75, 3.05) is 14.1 Å². The van der Waals surface area contributed by atoms with Crippen molar-refractivity contribution in [1.82, 2.24) is 4.67 Å². The maximum Gasteiger partial charge on any atom is 0.137 e. The van der Waals surface area contributed by atoms with Crippen LogP contribution >= 0.6 is 16.2 Å². The van der Waals surface area contributed by atoms with Crippen molar-refractivity contribution in [3.63, 3.8) is 0 Å². The minimum absolute atomic E-state index is 0.186. The molecule has 2 nitrogen and oxygen atoms in total. The van der Waals surface area contributed by atoms with E-state index in [4.69, 9.17) is 4.52 Å². The molecule has 0 N–H and O–H groups in total. The van der Waals surface area contributed by atoms with Gasteiger partial charge in [0.15, 0.2) is 0 Å². The molecule has 0 spiro atoms. The zero-order valence-electron chi connectivity index (χ0n) is 16.4. The molecule has 0 aliphatic carbocycles. The monoisotopic (exact) mass is 395 g/mol. The number of nitrogens with zero attached hydrogens (tertiary/aromatic N) is 1. The molecule has 0 bridgehead atoms. The highest BCUT2D eigenvalue weighted by Crippen LogP contribution is 2.42. The van der Waals surface area contributed by atoms with E-state index in [-0.39, 0.29) is 6.10 Å². The van der Waals surface area contributed by atoms with E-state index in [0.717, 1.165) is 0 Å². The topological polar surface area (TPSA) is 12.5 Å². The molecule has 3 rings (SSSR count). The zero-order valence-corrected chi connectivity index (χ0v) is 18.2. The molecule has 0 radical (unpaired) electrons. The van der Waals surface area contributed by atoms with Gasteiger partial charge in [-0.2, -0.15) is 0 Å². The van der Waals surface area contributed by atoms with E-state index in [1.54, 1.807) is 0 Å². The van der Waals surface area contributed by atoms with Crippen LogP contribution in [0.3, 0.4) is 0 Å². The maximum absolute atomic E-state index is 6.36. The number of benzene rings is 3. The first-order valence-electron chi connectivity index (χ1n) is 9.21. The van der Waals surface area contributed by atoms with Gasteiger partial charge < -0.3 is 4.52 Å². The van der Waals surface area contributed by atoms with Gasteiger partial charge in [-0.25, -0.2) is 0 Å². The molecule has 0 aromatic heterocycles. The largest absolute Gasteiger partial charge is 0.337 e. The van der Waals surface area contributed by atoms with Crippen molar-refractivity contribution in [3.05, 3.63) is 84.9 Å². The minimum Gasteiger partial charge on any atom is -0.337 e. The third-order valence-electron chi connectivity index (χ3n) is 4.03. The van der Waals surface area contributed by atoms with E-state index in [0.29, 0.717) is 0 Å². The molecule has 0 aliphatic rings. The first-order chi connectivity index (χ1) is 13.1. The van der Waals surface area contributed by atoms with E-state index in [1.165, 1.54) is 21.2 Å². The fourth-order valence-corrected chi connectivity index (χ4v) is 7.47. The molecule has 0 saturated heterocycles. The van der Waals surface area contributed by atoms with Gasteiger partial charge in [0.1, 0.15) is 8.30 Å². The maximum atomic E-state index is 6.36. The molecule has 3 aromatic carbocycles. The number of hydrogen-bond donors (Lipinski definition) is 0. The number of hydrogen-bond acceptors (Lipinski definition) is 2. The predicted molar refractivity (Wildman–Crippen MR) is 122 cm³/mol. The fraction of sp³-hybridized carbons (Fsp3) is 0.217. The van der Waals surface area contributed by atoms with Crippen LogP contribution in [0.4, 0.5) is 0 Å². The molecular formula is C23H27NOP2. The zero-order chi connectivity index (χ0) is 19.2. The van der Waals surface area contributed by atoms with Crippen LogP contribution < -0.4 is 21.2 Å². The molecule has 1 unspecified atom stereocenters. The van der Waals surface area contributed by atoms with Gasteiger partial charge in [0.05, 0.1) is 6.10 Å². The minimum atomic E-state index is -0.839. The Hall–Kier alpha value is -1.56. The molecule has 0 amide bonds. The lowest BCUT2D eigenvalue weighted by Crippen LogP contribution is -2.33. The van der Waals surface area contributed by atoms with E-state index in [1.807, 2.05) is 0 Å². The SMILES string of the molecule is CC(C)OP(c1ccccc1P(c1ccccc1)c1ccccc1)N(C)C. The summed E-state index contributed by atoms with van der Waals surface area (Å²) in [5, 5.41) is 5.42. The summed E-state index contributed by atoms with van der Waals surface area (Å²) in [5.74, 6) is 0. The van der Waals surface area contributed by atoms with Crippen molar-refractivity contribution in [3.8, 4) is 0 Å². The lowest BCUT2D eigenvalue weighted by atomic mass is 10.3. The highest BCUT2D eigenvalue weighted by Gasteiger charge is 2.26. The molecule has 140 valence electrons. The van der Waals surface area contributed by atoms with Crippen LogP contribution in [0.1, 0.15) is 13.8 Å². The standard InChI is InChI=1S/C23H27NOP2/c1-19(2)25-27(24(3)4)23-18-12-11-17-22(23)26(20-13-7-5-8-14-20)21-15-9-6-10-16-21/h5-19H,1-4H3. The van der Waals surface area contributed by atoms with Crippen LogP contribution in [0.25, 0.3) is 0 Å². The Kier molecular flexibility index (Phi) is 7.16. The lowest BCUT2D eigenvalue weighted by molar-refractivity contribution is 0.258. The summed E-state index contributed by atoms with van der Waals surface area (Å²) in [6.07, 6.45) is 0.186. The van der Waals surface area contributed by atoms with Crippen LogP contribution in [-0.2, 0) is 4.52 Å². The number of rotatable bonds is 7. The van der Waals surface area contributed by atoms with Gasteiger partial charge in [-0.05, 0) is 51.8 Å². The van der Waals surface area contributed by atoms with Crippen molar-refractivity contribution >= 4 is 37.4 Å². The second-order valence-electron chi connectivity index (χ2n) is 6.77. The molecule has 0 saturated carbocycles. The van der Waals surface area contributed by atoms with Gasteiger partial charge in [-0.1, -0.05) is 84.9 Å². The molecule has 0 heterocycles. The van der Waals surface area contributed by atoms with Gasteiger partial charge in [0.2, 0.25) is 0 Å². The summed E-state index contributed by atoms with van der Waals surface area (Å²) in [5.41, 5.74) is 0. The quantitative estimate of drug-likeness (QED) is 0.551. The van der Waals surface area contributed by atoms with Gasteiger partial charge in [-0.15, -0.1) is 0 Å². The van der Waals surface area contributed by atoms with Gasteiger partial charge in [0, 0.05) is 5.30 Å². The molecule has 1 atom stereocenters. The predicted octanol–water partition coefficient (Wildman–Crippen LogP) is 4.37. The molecular weight excluding hydrogens is 368 g/mol. The highest BCUT2D eigenvalue weighted by molar-refractivity contribution is 7.81. The average Bonchev–Trinajstić information content (AvgIpc) is 2.68. The Morgan fingerprint density at radius 3 is 1.56 bits per heavy atom. The normalized spacial score (nSPS) is 12.7. The Morgan fingerprint density at radius 1 is 0.667 bits per heavy atom. The van der Waals surface area contributed by atoms with Gasteiger partial charge in [0.25, 0.3) is 0 Å². The van der Waals surface area contributed by atoms with Crippen LogP contribution in [0, 0.1) is 0 Å². The third kappa shape index (κ3) is 5.03. The van der Waals surface area contributed by atoms with E-state index >= 15 is 0 Å². The first-order valence-corrected chi connectivity index (χ1v) is 11.8. The molecule has 3 aromatic rings. The second kappa shape index (κ2) is 9.58. The molecule has 0 fully saturated rings. The fourth-order valence-electron chi connectivity index (χ4n) is 2.96. The first kappa shape index (κ1) is 20.2. The summed E-state index contributed by atoms with van der Waals surface area (Å²) in [6, 6.07) is 30.5. The average molecular weight is 395 g/mol. The van der Waals surface area contributed by atoms with E-state index < -0.39 is 16.2 Å². The Morgan fingerprint density at radius 2 is 1.11 bits per heavy atom. The third-order valence-corrected chi connectivity index (χ3v) is 8.86. The summed E-state index contributed by atoms with van der Waals surface area (Å²) in [4.78, 5) is 0. The van der Waals surface area contributed by atoms with Crippen molar-refractivity contribution in [1.29, 1.82) is 0 Å². The summed E-state index contributed by atoms with van der Waals surface area (Å²) < 4.78 is 8.58. The summed E-state index contributed by atoms with van der Waals surface area (Å²) >= 11 is 0. The van der Waals surface area contributed by atoms with Gasteiger partial charge in [-0.3, -0.25) is 4.67 Å². The Balaban J connectivity index is 2.16. The Labute approximate surface area is 165 Å². The second-order valence-corrected chi connectivity index (χ2v) is 11.0. The molecule has 0 aliphatic heterocycles. The van der Waals surface area contributed by atoms with Crippen LogP contribution in [0.2, 0.25) is 0 Å². The van der Waals surface area contributed by atoms with E-state index in [2.05, 4.69) is 118 Å². The molecule has 27 heavy (non-hydrogen) atoms. The van der Waals surface area contributed by atoms with Crippen LogP contribution in [0.15, 0.2) is 84.9 Å². The van der Waals surface area contributed by atoms with Crippen molar-refractivity contribution < 1.29 is 4.52 Å². The van der Waals surface area contributed by atoms with Crippen LogP contribution in [-0.4, -0.2) is 24.9 Å². The van der Waals surface area contributed by atoms with Gasteiger partial charge >= 0.3 is 0 Å². The van der Waals surface area contributed by atoms with Crippen LogP contribution in [0.5, 0.6) is 0 Å². The summed E-state index contributed by atoms with van der Waals surface area (Å²) in [7, 11) is 2.74. The van der Waals surface area contributed by atoms with Crippen molar-refractivity contribution in [2.24, 2.45) is 0 Å².